The summed E-state index contributed by atoms with van der Waals surface area (Å²) in [4.78, 5) is 80.8. The fourth-order valence-corrected chi connectivity index (χ4v) is 5.83. The summed E-state index contributed by atoms with van der Waals surface area (Å²) in [6.45, 7) is 10.2. The Hall–Kier alpha value is -3.88. The molecular weight excluding hydrogens is 608 g/mol. The third-order valence-electron chi connectivity index (χ3n) is 8.58. The quantitative estimate of drug-likeness (QED) is 0.189. The van der Waals surface area contributed by atoms with E-state index in [0.29, 0.717) is 63.4 Å². The molecule has 0 spiro atoms. The monoisotopic (exact) mass is 656 g/mol. The lowest BCUT2D eigenvalue weighted by Gasteiger charge is -2.28. The average Bonchev–Trinajstić information content (AvgIpc) is 3.58. The molecule has 3 aliphatic heterocycles. The Morgan fingerprint density at radius 2 is 1.66 bits per heavy atom. The molecule has 47 heavy (non-hydrogen) atoms. The second-order valence-corrected chi connectivity index (χ2v) is 13.1. The molecule has 0 saturated carbocycles. The molecule has 4 N–H and O–H groups in total. The van der Waals surface area contributed by atoms with Crippen molar-refractivity contribution in [1.29, 1.82) is 0 Å². The molecule has 4 atom stereocenters. The summed E-state index contributed by atoms with van der Waals surface area (Å²) in [5.41, 5.74) is 0.370. The Kier molecular flexibility index (Phi) is 12.5. The summed E-state index contributed by atoms with van der Waals surface area (Å²) in [5.74, 6) is -2.01. The minimum Gasteiger partial charge on any atom is -0.379 e. The molecule has 0 unspecified atom stereocenters. The first-order valence-corrected chi connectivity index (χ1v) is 16.4. The Balaban J connectivity index is 1.47. The topological polar surface area (TPSA) is 179 Å². The van der Waals surface area contributed by atoms with E-state index in [9.17, 15) is 28.8 Å². The van der Waals surface area contributed by atoms with Gasteiger partial charge in [-0.3, -0.25) is 33.7 Å². The van der Waals surface area contributed by atoms with Gasteiger partial charge in [0.15, 0.2) is 5.78 Å². The van der Waals surface area contributed by atoms with Gasteiger partial charge >= 0.3 is 0 Å². The van der Waals surface area contributed by atoms with Crippen LogP contribution in [0.5, 0.6) is 0 Å². The molecule has 3 fully saturated rings. The summed E-state index contributed by atoms with van der Waals surface area (Å²) in [7, 11) is 0. The number of ether oxygens (including phenoxy) is 2. The van der Waals surface area contributed by atoms with Crippen molar-refractivity contribution in [2.45, 2.75) is 77.1 Å². The lowest BCUT2D eigenvalue weighted by atomic mass is 9.93. The van der Waals surface area contributed by atoms with Crippen LogP contribution in [0.25, 0.3) is 0 Å². The molecule has 0 bridgehead atoms. The van der Waals surface area contributed by atoms with E-state index in [2.05, 4.69) is 21.3 Å². The number of anilines is 1. The second-order valence-electron chi connectivity index (χ2n) is 13.1. The normalized spacial score (nSPS) is 22.2. The molecule has 1 aromatic carbocycles. The van der Waals surface area contributed by atoms with Gasteiger partial charge < -0.3 is 35.6 Å². The van der Waals surface area contributed by atoms with Crippen LogP contribution in [0.2, 0.25) is 0 Å². The number of hydrogen-bond donors (Lipinski definition) is 4. The van der Waals surface area contributed by atoms with Gasteiger partial charge in [-0.25, -0.2) is 0 Å². The van der Waals surface area contributed by atoms with Crippen molar-refractivity contribution < 1.29 is 38.2 Å². The van der Waals surface area contributed by atoms with Gasteiger partial charge in [-0.05, 0) is 49.8 Å². The molecule has 0 radical (unpaired) electrons. The van der Waals surface area contributed by atoms with Gasteiger partial charge in [-0.15, -0.1) is 0 Å². The summed E-state index contributed by atoms with van der Waals surface area (Å²) >= 11 is 0. The third kappa shape index (κ3) is 10.6. The molecule has 3 saturated heterocycles. The zero-order valence-electron chi connectivity index (χ0n) is 27.8. The number of morpholine rings is 1. The van der Waals surface area contributed by atoms with E-state index >= 15 is 0 Å². The summed E-state index contributed by atoms with van der Waals surface area (Å²) in [6.07, 6.45) is 1.51. The molecule has 3 heterocycles. The van der Waals surface area contributed by atoms with Crippen molar-refractivity contribution in [1.82, 2.24) is 25.8 Å². The highest BCUT2D eigenvalue weighted by molar-refractivity contribution is 5.98. The van der Waals surface area contributed by atoms with Crippen LogP contribution in [-0.2, 0) is 44.7 Å². The minimum absolute atomic E-state index is 0.0997. The van der Waals surface area contributed by atoms with Crippen LogP contribution >= 0.6 is 0 Å². The lowest BCUT2D eigenvalue weighted by Crippen LogP contribution is -2.57. The van der Waals surface area contributed by atoms with Crippen molar-refractivity contribution in [3.63, 3.8) is 0 Å². The smallest absolute Gasteiger partial charge is 0.243 e. The third-order valence-corrected chi connectivity index (χ3v) is 8.58. The van der Waals surface area contributed by atoms with Crippen LogP contribution in [0.4, 0.5) is 5.69 Å². The Morgan fingerprint density at radius 3 is 2.28 bits per heavy atom. The lowest BCUT2D eigenvalue weighted by molar-refractivity contribution is -0.139. The van der Waals surface area contributed by atoms with Gasteiger partial charge in [0.05, 0.1) is 39.0 Å². The van der Waals surface area contributed by atoms with Crippen molar-refractivity contribution in [3.8, 4) is 0 Å². The highest BCUT2D eigenvalue weighted by Gasteiger charge is 2.50. The molecule has 258 valence electrons. The van der Waals surface area contributed by atoms with E-state index in [1.165, 1.54) is 11.8 Å². The largest absolute Gasteiger partial charge is 0.379 e. The number of nitrogens with zero attached hydrogens (tertiary/aromatic N) is 2. The van der Waals surface area contributed by atoms with Gasteiger partial charge in [-0.2, -0.15) is 0 Å². The van der Waals surface area contributed by atoms with E-state index in [1.807, 2.05) is 18.7 Å². The maximum Gasteiger partial charge on any atom is 0.243 e. The molecule has 14 heteroatoms. The van der Waals surface area contributed by atoms with E-state index < -0.39 is 35.5 Å². The van der Waals surface area contributed by atoms with Crippen LogP contribution < -0.4 is 21.3 Å². The van der Waals surface area contributed by atoms with Crippen LogP contribution in [0.1, 0.15) is 52.5 Å². The fourth-order valence-electron chi connectivity index (χ4n) is 5.83. The fraction of sp³-hybridized carbons (Fsp3) is 0.636. The molecular formula is C33H48N6O8. The standard InChI is InChI=1S/C33H48N6O8/c1-21(2)16-25(30(43)33(4)20-47-33)36-31(44)26(37-32(45)27-6-5-11-39(27)29(42)18-34-22(3)40)17-23-7-9-24(10-8-23)35-28(41)19-38-12-14-46-15-13-38/h7-10,21,25-27H,5-6,11-20H2,1-4H3,(H,34,40)(H,35,41)(H,36,44)(H,37,45)/t25-,26-,27-,33+/m0/s1. The van der Waals surface area contributed by atoms with Gasteiger partial charge in [0.2, 0.25) is 29.5 Å². The number of rotatable bonds is 15. The van der Waals surface area contributed by atoms with Crippen molar-refractivity contribution in [3.05, 3.63) is 29.8 Å². The molecule has 1 aromatic rings. The number of hydrogen-bond acceptors (Lipinski definition) is 9. The molecule has 0 aliphatic carbocycles. The van der Waals surface area contributed by atoms with Gasteiger partial charge in [-0.1, -0.05) is 26.0 Å². The number of Topliss-reactive ketones (excluding diaryl/α,β-unsaturated/α-hetero) is 1. The maximum absolute atomic E-state index is 13.8. The minimum atomic E-state index is -1.06. The number of amides is 5. The Bertz CT molecular complexity index is 1310. The number of benzene rings is 1. The predicted octanol–water partition coefficient (Wildman–Crippen LogP) is 0.000600. The molecule has 4 rings (SSSR count). The molecule has 3 aliphatic rings. The first kappa shape index (κ1) is 36.0. The Labute approximate surface area is 275 Å². The van der Waals surface area contributed by atoms with Gasteiger partial charge in [0.25, 0.3) is 0 Å². The number of ketones is 1. The van der Waals surface area contributed by atoms with E-state index in [4.69, 9.17) is 9.47 Å². The van der Waals surface area contributed by atoms with E-state index in [0.717, 1.165) is 0 Å². The zero-order chi connectivity index (χ0) is 34.1. The van der Waals surface area contributed by atoms with Crippen LogP contribution in [0, 0.1) is 5.92 Å². The first-order chi connectivity index (χ1) is 22.3. The van der Waals surface area contributed by atoms with E-state index in [-0.39, 0.29) is 55.5 Å². The number of likely N-dealkylation sites (tertiary alicyclic amines) is 1. The highest BCUT2D eigenvalue weighted by Crippen LogP contribution is 2.30. The number of nitrogens with one attached hydrogen (secondary N) is 4. The number of carbonyl (C=O) groups is 6. The van der Waals surface area contributed by atoms with Crippen LogP contribution in [0.3, 0.4) is 0 Å². The van der Waals surface area contributed by atoms with Crippen molar-refractivity contribution in [2.24, 2.45) is 5.92 Å². The number of epoxide rings is 1. The summed E-state index contributed by atoms with van der Waals surface area (Å²) < 4.78 is 10.7. The highest BCUT2D eigenvalue weighted by atomic mass is 16.6. The summed E-state index contributed by atoms with van der Waals surface area (Å²) in [5, 5.41) is 11.1. The van der Waals surface area contributed by atoms with Crippen LogP contribution in [-0.4, -0.2) is 121 Å². The van der Waals surface area contributed by atoms with Gasteiger partial charge in [0, 0.05) is 38.7 Å². The number of carbonyl (C=O) groups excluding carboxylic acids is 6. The predicted molar refractivity (Wildman–Crippen MR) is 172 cm³/mol. The summed E-state index contributed by atoms with van der Waals surface area (Å²) in [6, 6.07) is 4.34. The second kappa shape index (κ2) is 16.3. The molecule has 0 aromatic heterocycles. The van der Waals surface area contributed by atoms with Crippen LogP contribution in [0.15, 0.2) is 24.3 Å². The van der Waals surface area contributed by atoms with Crippen molar-refractivity contribution in [2.75, 3.05) is 57.9 Å². The SMILES string of the molecule is CC(=O)NCC(=O)N1CCC[C@H]1C(=O)N[C@@H](Cc1ccc(NC(=O)CN2CCOCC2)cc1)C(=O)N[C@@H](CC(C)C)C(=O)[C@@]1(C)CO1. The van der Waals surface area contributed by atoms with E-state index in [1.54, 1.807) is 31.2 Å². The average molecular weight is 657 g/mol. The molecule has 14 nitrogen and oxygen atoms in total. The zero-order valence-corrected chi connectivity index (χ0v) is 27.8. The maximum atomic E-state index is 13.8. The van der Waals surface area contributed by atoms with Crippen molar-refractivity contribution >= 4 is 41.0 Å². The van der Waals surface area contributed by atoms with Gasteiger partial charge in [0.1, 0.15) is 17.7 Å². The Morgan fingerprint density at radius 1 is 0.979 bits per heavy atom. The molecule has 5 amide bonds. The first-order valence-electron chi connectivity index (χ1n) is 16.4.